The molecule has 2 aromatic rings. The highest BCUT2D eigenvalue weighted by Crippen LogP contribution is 2.21. The van der Waals surface area contributed by atoms with Gasteiger partial charge in [-0.25, -0.2) is 9.37 Å². The average molecular weight is 253 g/mol. The van der Waals surface area contributed by atoms with E-state index in [4.69, 9.17) is 11.6 Å². The summed E-state index contributed by atoms with van der Waals surface area (Å²) in [6, 6.07) is 7.58. The van der Waals surface area contributed by atoms with Crippen molar-refractivity contribution in [2.24, 2.45) is 0 Å². The molecule has 1 aromatic heterocycles. The van der Waals surface area contributed by atoms with Crippen LogP contribution in [0.15, 0.2) is 30.5 Å². The van der Waals surface area contributed by atoms with Crippen molar-refractivity contribution in [2.45, 2.75) is 19.5 Å². The first-order chi connectivity index (χ1) is 7.94. The Morgan fingerprint density at radius 2 is 2.06 bits per heavy atom. The number of anilines is 1. The second-order valence-corrected chi connectivity index (χ2v) is 5.03. The Morgan fingerprint density at radius 3 is 2.76 bits per heavy atom. The molecule has 0 aliphatic heterocycles. The molecule has 90 valence electrons. The fraction of sp³-hybridized carbons (Fsp3) is 0.308. The molecule has 0 unspecified atom stereocenters. The van der Waals surface area contributed by atoms with Crippen LogP contribution in [0.3, 0.4) is 0 Å². The summed E-state index contributed by atoms with van der Waals surface area (Å²) in [6.45, 7) is 3.36. The molecule has 2 rings (SSSR count). The van der Waals surface area contributed by atoms with Crippen LogP contribution in [0.1, 0.15) is 13.8 Å². The van der Waals surface area contributed by atoms with E-state index in [0.717, 1.165) is 16.5 Å². The first-order valence-electron chi connectivity index (χ1n) is 5.42. The predicted molar refractivity (Wildman–Crippen MR) is 70.4 cm³/mol. The molecule has 0 spiro atoms. The van der Waals surface area contributed by atoms with E-state index < -0.39 is 5.67 Å². The molecule has 0 amide bonds. The topological polar surface area (TPSA) is 24.9 Å². The zero-order valence-corrected chi connectivity index (χ0v) is 10.6. The molecule has 17 heavy (non-hydrogen) atoms. The maximum Gasteiger partial charge on any atom is 0.129 e. The number of nitrogens with zero attached hydrogens (tertiary/aromatic N) is 1. The molecule has 0 bridgehead atoms. The maximum atomic E-state index is 13.4. The van der Waals surface area contributed by atoms with E-state index >= 15 is 0 Å². The van der Waals surface area contributed by atoms with Crippen LogP contribution in [-0.2, 0) is 0 Å². The highest BCUT2D eigenvalue weighted by atomic mass is 35.5. The number of pyridine rings is 1. The molecule has 1 N–H and O–H groups in total. The Bertz CT molecular complexity index is 534. The lowest BCUT2D eigenvalue weighted by atomic mass is 10.1. The first kappa shape index (κ1) is 12.1. The third kappa shape index (κ3) is 3.30. The molecular formula is C13H14ClFN2. The van der Waals surface area contributed by atoms with Crippen LogP contribution in [0, 0.1) is 0 Å². The van der Waals surface area contributed by atoms with Gasteiger partial charge in [-0.15, -0.1) is 0 Å². The molecule has 1 heterocycles. The van der Waals surface area contributed by atoms with Crippen molar-refractivity contribution in [1.82, 2.24) is 4.98 Å². The minimum atomic E-state index is -1.23. The number of benzene rings is 1. The van der Waals surface area contributed by atoms with Gasteiger partial charge >= 0.3 is 0 Å². The molecule has 0 radical (unpaired) electrons. The Morgan fingerprint density at radius 1 is 1.29 bits per heavy atom. The van der Waals surface area contributed by atoms with E-state index in [1.54, 1.807) is 26.1 Å². The Hall–Kier alpha value is -1.35. The van der Waals surface area contributed by atoms with Gasteiger partial charge in [0, 0.05) is 23.8 Å². The van der Waals surface area contributed by atoms with Crippen molar-refractivity contribution >= 4 is 28.1 Å². The van der Waals surface area contributed by atoms with Crippen LogP contribution in [0.4, 0.5) is 10.1 Å². The predicted octanol–water partition coefficient (Wildman–Crippen LogP) is 4.05. The Labute approximate surface area is 105 Å². The summed E-state index contributed by atoms with van der Waals surface area (Å²) in [5.74, 6) is 0. The summed E-state index contributed by atoms with van der Waals surface area (Å²) in [6.07, 6.45) is 1.72. The third-order valence-corrected chi connectivity index (χ3v) is 2.61. The lowest BCUT2D eigenvalue weighted by Crippen LogP contribution is -2.24. The molecule has 0 saturated heterocycles. The molecule has 0 atom stereocenters. The van der Waals surface area contributed by atoms with Gasteiger partial charge in [-0.2, -0.15) is 0 Å². The van der Waals surface area contributed by atoms with Crippen molar-refractivity contribution in [3.05, 3.63) is 35.6 Å². The van der Waals surface area contributed by atoms with Gasteiger partial charge in [0.2, 0.25) is 0 Å². The number of alkyl halides is 1. The zero-order chi connectivity index (χ0) is 12.5. The van der Waals surface area contributed by atoms with Crippen LogP contribution < -0.4 is 5.32 Å². The lowest BCUT2D eigenvalue weighted by Gasteiger charge is -2.16. The third-order valence-electron chi connectivity index (χ3n) is 2.40. The largest absolute Gasteiger partial charge is 0.382 e. The van der Waals surface area contributed by atoms with Crippen LogP contribution >= 0.6 is 11.6 Å². The minimum absolute atomic E-state index is 0.275. The van der Waals surface area contributed by atoms with E-state index in [1.165, 1.54) is 0 Å². The molecule has 0 aliphatic rings. The highest BCUT2D eigenvalue weighted by Gasteiger charge is 2.14. The van der Waals surface area contributed by atoms with Gasteiger partial charge in [0.1, 0.15) is 10.8 Å². The summed E-state index contributed by atoms with van der Waals surface area (Å²) in [4.78, 5) is 4.01. The van der Waals surface area contributed by atoms with Gasteiger partial charge < -0.3 is 5.32 Å². The molecule has 2 nitrogen and oxygen atoms in total. The Kier molecular flexibility index (Phi) is 3.20. The molecule has 0 aliphatic carbocycles. The second-order valence-electron chi connectivity index (χ2n) is 4.64. The zero-order valence-electron chi connectivity index (χ0n) is 9.80. The summed E-state index contributed by atoms with van der Waals surface area (Å²) in [7, 11) is 0. The molecule has 4 heteroatoms. The number of fused-ring (bicyclic) bond motifs is 1. The van der Waals surface area contributed by atoms with Crippen molar-refractivity contribution in [1.29, 1.82) is 0 Å². The molecule has 1 aromatic carbocycles. The summed E-state index contributed by atoms with van der Waals surface area (Å²) >= 11 is 5.83. The number of hydrogen-bond donors (Lipinski definition) is 1. The van der Waals surface area contributed by atoms with Gasteiger partial charge in [-0.05, 0) is 37.4 Å². The minimum Gasteiger partial charge on any atom is -0.382 e. The quantitative estimate of drug-likeness (QED) is 0.834. The van der Waals surface area contributed by atoms with E-state index in [0.29, 0.717) is 5.15 Å². The molecule has 0 saturated carbocycles. The van der Waals surface area contributed by atoms with Crippen LogP contribution in [0.2, 0.25) is 5.15 Å². The summed E-state index contributed by atoms with van der Waals surface area (Å²) in [5, 5.41) is 5.52. The summed E-state index contributed by atoms with van der Waals surface area (Å²) < 4.78 is 13.4. The SMILES string of the molecule is CC(C)(F)CNc1ccc2cnc(Cl)cc2c1. The van der Waals surface area contributed by atoms with E-state index in [2.05, 4.69) is 10.3 Å². The van der Waals surface area contributed by atoms with Gasteiger partial charge in [0.15, 0.2) is 0 Å². The van der Waals surface area contributed by atoms with Gasteiger partial charge in [-0.3, -0.25) is 0 Å². The van der Waals surface area contributed by atoms with Gasteiger partial charge in [0.25, 0.3) is 0 Å². The van der Waals surface area contributed by atoms with E-state index in [1.807, 2.05) is 18.2 Å². The van der Waals surface area contributed by atoms with Crippen LogP contribution in [-0.4, -0.2) is 17.2 Å². The standard InChI is InChI=1S/C13H14ClFN2/c1-13(2,15)8-17-11-4-3-9-7-16-12(14)6-10(9)5-11/h3-7,17H,8H2,1-2H3. The molecular weight excluding hydrogens is 239 g/mol. The van der Waals surface area contributed by atoms with Crippen molar-refractivity contribution < 1.29 is 4.39 Å². The number of aromatic nitrogens is 1. The first-order valence-corrected chi connectivity index (χ1v) is 5.80. The number of nitrogens with one attached hydrogen (secondary N) is 1. The lowest BCUT2D eigenvalue weighted by molar-refractivity contribution is 0.235. The number of rotatable bonds is 3. The normalized spacial score (nSPS) is 11.8. The monoisotopic (exact) mass is 252 g/mol. The Balaban J connectivity index is 2.25. The van der Waals surface area contributed by atoms with Crippen molar-refractivity contribution in [2.75, 3.05) is 11.9 Å². The van der Waals surface area contributed by atoms with Crippen molar-refractivity contribution in [3.8, 4) is 0 Å². The van der Waals surface area contributed by atoms with Gasteiger partial charge in [-0.1, -0.05) is 17.7 Å². The maximum absolute atomic E-state index is 13.4. The van der Waals surface area contributed by atoms with E-state index in [9.17, 15) is 4.39 Å². The average Bonchev–Trinajstić information content (AvgIpc) is 2.24. The van der Waals surface area contributed by atoms with Crippen molar-refractivity contribution in [3.63, 3.8) is 0 Å². The fourth-order valence-corrected chi connectivity index (χ4v) is 1.70. The van der Waals surface area contributed by atoms with Gasteiger partial charge in [0.05, 0.1) is 0 Å². The number of halogens is 2. The number of hydrogen-bond acceptors (Lipinski definition) is 2. The summed E-state index contributed by atoms with van der Waals surface area (Å²) in [5.41, 5.74) is -0.351. The van der Waals surface area contributed by atoms with Crippen LogP contribution in [0.5, 0.6) is 0 Å². The van der Waals surface area contributed by atoms with E-state index in [-0.39, 0.29) is 6.54 Å². The van der Waals surface area contributed by atoms with Crippen LogP contribution in [0.25, 0.3) is 10.8 Å². The fourth-order valence-electron chi connectivity index (χ4n) is 1.54. The smallest absolute Gasteiger partial charge is 0.129 e. The second kappa shape index (κ2) is 4.49. The highest BCUT2D eigenvalue weighted by molar-refractivity contribution is 6.30. The molecule has 0 fully saturated rings.